The van der Waals surface area contributed by atoms with Crippen molar-refractivity contribution in [2.45, 2.75) is 6.54 Å². The van der Waals surface area contributed by atoms with Crippen LogP contribution in [0.4, 0.5) is 4.39 Å². The number of halogens is 1. The van der Waals surface area contributed by atoms with E-state index in [2.05, 4.69) is 16.4 Å². The number of hydrogen-bond donors (Lipinski definition) is 2. The number of aromatic amines is 1. The van der Waals surface area contributed by atoms with Crippen molar-refractivity contribution in [3.05, 3.63) is 95.9 Å². The molecule has 3 heterocycles. The van der Waals surface area contributed by atoms with E-state index >= 15 is 0 Å². The molecule has 2 N–H and O–H groups in total. The number of benzene rings is 3. The van der Waals surface area contributed by atoms with Gasteiger partial charge in [-0.1, -0.05) is 30.3 Å². The van der Waals surface area contributed by atoms with Crippen LogP contribution in [0.1, 0.15) is 11.3 Å². The number of amides is 1. The quantitative estimate of drug-likeness (QED) is 0.332. The Morgan fingerprint density at radius 1 is 1.00 bits per heavy atom. The Hall–Kier alpha value is -4.65. The van der Waals surface area contributed by atoms with Crippen molar-refractivity contribution in [3.63, 3.8) is 0 Å². The highest BCUT2D eigenvalue weighted by Crippen LogP contribution is 2.38. The van der Waals surface area contributed by atoms with Crippen molar-refractivity contribution < 1.29 is 18.7 Å². The summed E-state index contributed by atoms with van der Waals surface area (Å²) in [5.41, 5.74) is 5.03. The minimum Gasteiger partial charge on any atom is -0.454 e. The number of nitrogens with zero attached hydrogens (tertiary/aromatic N) is 1. The molecule has 1 aliphatic rings. The average molecular weight is 465 g/mol. The molecule has 2 aromatic heterocycles. The van der Waals surface area contributed by atoms with Crippen LogP contribution in [0, 0.1) is 5.82 Å². The summed E-state index contributed by atoms with van der Waals surface area (Å²) in [6.07, 6.45) is 3.07. The molecule has 0 fully saturated rings. The number of hydrogen-bond acceptors (Lipinski definition) is 4. The van der Waals surface area contributed by atoms with Gasteiger partial charge < -0.3 is 19.8 Å². The summed E-state index contributed by atoms with van der Waals surface area (Å²) in [5, 5.41) is 4.99. The maximum atomic E-state index is 13.1. The van der Waals surface area contributed by atoms with E-state index in [1.807, 2.05) is 42.5 Å². The number of H-pyrrole nitrogens is 1. The Labute approximate surface area is 200 Å². The summed E-state index contributed by atoms with van der Waals surface area (Å²) in [6.45, 7) is 0.450. The van der Waals surface area contributed by atoms with Crippen LogP contribution in [0.3, 0.4) is 0 Å². The minimum absolute atomic E-state index is 0.200. The third-order valence-corrected chi connectivity index (χ3v) is 5.94. The van der Waals surface area contributed by atoms with Gasteiger partial charge in [0.15, 0.2) is 11.5 Å². The van der Waals surface area contributed by atoms with Crippen molar-refractivity contribution in [2.24, 2.45) is 0 Å². The highest BCUT2D eigenvalue weighted by molar-refractivity contribution is 6.11. The van der Waals surface area contributed by atoms with Gasteiger partial charge >= 0.3 is 0 Å². The lowest BCUT2D eigenvalue weighted by molar-refractivity contribution is -0.116. The van der Waals surface area contributed by atoms with Crippen LogP contribution in [0.5, 0.6) is 11.5 Å². The molecular weight excluding hydrogens is 445 g/mol. The molecule has 5 aromatic rings. The highest BCUT2D eigenvalue weighted by atomic mass is 19.1. The van der Waals surface area contributed by atoms with Gasteiger partial charge in [-0.25, -0.2) is 9.37 Å². The third kappa shape index (κ3) is 4.08. The Balaban J connectivity index is 1.34. The van der Waals surface area contributed by atoms with E-state index in [0.717, 1.165) is 44.3 Å². The Morgan fingerprint density at radius 3 is 2.71 bits per heavy atom. The normalized spacial score (nSPS) is 12.6. The fourth-order valence-corrected chi connectivity index (χ4v) is 4.22. The summed E-state index contributed by atoms with van der Waals surface area (Å²) >= 11 is 0. The van der Waals surface area contributed by atoms with Crippen LogP contribution >= 0.6 is 0 Å². The number of ether oxygens (including phenoxy) is 2. The average Bonchev–Trinajstić information content (AvgIpc) is 3.51. The number of pyridine rings is 1. The monoisotopic (exact) mass is 465 g/mol. The first-order valence-electron chi connectivity index (χ1n) is 11.2. The first-order chi connectivity index (χ1) is 17.1. The Kier molecular flexibility index (Phi) is 5.15. The molecule has 0 aliphatic carbocycles. The van der Waals surface area contributed by atoms with Gasteiger partial charge in [0.1, 0.15) is 5.82 Å². The number of carbonyl (C=O) groups excluding carboxylic acids is 1. The molecule has 3 aromatic carbocycles. The number of rotatable bonds is 5. The van der Waals surface area contributed by atoms with E-state index in [9.17, 15) is 9.18 Å². The molecule has 7 heteroatoms. The van der Waals surface area contributed by atoms with E-state index in [-0.39, 0.29) is 25.1 Å². The number of nitrogens with one attached hydrogen (secondary N) is 2. The molecule has 0 bridgehead atoms. The third-order valence-electron chi connectivity index (χ3n) is 5.94. The molecule has 0 saturated heterocycles. The van der Waals surface area contributed by atoms with Crippen LogP contribution in [-0.2, 0) is 11.3 Å². The zero-order chi connectivity index (χ0) is 23.8. The topological polar surface area (TPSA) is 76.2 Å². The van der Waals surface area contributed by atoms with E-state index in [1.165, 1.54) is 18.2 Å². The lowest BCUT2D eigenvalue weighted by atomic mass is 10.1. The Bertz CT molecular complexity index is 1610. The molecular formula is C28H20FN3O3. The summed E-state index contributed by atoms with van der Waals surface area (Å²) in [5.74, 6) is 0.805. The van der Waals surface area contributed by atoms with Crippen LogP contribution < -0.4 is 14.8 Å². The van der Waals surface area contributed by atoms with Gasteiger partial charge in [-0.05, 0) is 54.1 Å². The van der Waals surface area contributed by atoms with E-state index in [0.29, 0.717) is 11.5 Å². The van der Waals surface area contributed by atoms with Crippen LogP contribution in [0.2, 0.25) is 0 Å². The van der Waals surface area contributed by atoms with Crippen LogP contribution in [-0.4, -0.2) is 22.7 Å². The summed E-state index contributed by atoms with van der Waals surface area (Å²) < 4.78 is 24.1. The molecule has 172 valence electrons. The maximum Gasteiger partial charge on any atom is 0.244 e. The molecule has 0 atom stereocenters. The molecule has 1 aliphatic heterocycles. The minimum atomic E-state index is -0.316. The number of para-hydroxylation sites is 1. The van der Waals surface area contributed by atoms with Crippen molar-refractivity contribution >= 4 is 33.8 Å². The van der Waals surface area contributed by atoms with Crippen molar-refractivity contribution in [2.75, 3.05) is 6.79 Å². The predicted molar refractivity (Wildman–Crippen MR) is 132 cm³/mol. The van der Waals surface area contributed by atoms with E-state index in [1.54, 1.807) is 18.2 Å². The van der Waals surface area contributed by atoms with Crippen molar-refractivity contribution in [1.82, 2.24) is 15.3 Å². The second-order valence-electron chi connectivity index (χ2n) is 8.23. The van der Waals surface area contributed by atoms with E-state index < -0.39 is 0 Å². The standard InChI is InChI=1S/C28H20FN3O3/c29-19-9-5-17(6-10-19)7-12-26(33)30-15-20-14-22-21-3-1-2-4-23(21)32-28(22)27(31-20)18-8-11-24-25(13-18)35-16-34-24/h1-14,32H,15-16H2,(H,30,33)/b12-7+. The molecule has 6 nitrogen and oxygen atoms in total. The zero-order valence-electron chi connectivity index (χ0n) is 18.5. The lowest BCUT2D eigenvalue weighted by Crippen LogP contribution is -2.21. The number of carbonyl (C=O) groups is 1. The van der Waals surface area contributed by atoms with Gasteiger partial charge in [0.05, 0.1) is 23.4 Å². The van der Waals surface area contributed by atoms with Gasteiger partial charge in [-0.3, -0.25) is 4.79 Å². The van der Waals surface area contributed by atoms with Gasteiger partial charge in [0.25, 0.3) is 0 Å². The zero-order valence-corrected chi connectivity index (χ0v) is 18.5. The lowest BCUT2D eigenvalue weighted by Gasteiger charge is -2.09. The molecule has 1 amide bonds. The first kappa shape index (κ1) is 20.9. The largest absolute Gasteiger partial charge is 0.454 e. The van der Waals surface area contributed by atoms with Gasteiger partial charge in [-0.2, -0.15) is 0 Å². The molecule has 0 unspecified atom stereocenters. The highest BCUT2D eigenvalue weighted by Gasteiger charge is 2.18. The summed E-state index contributed by atoms with van der Waals surface area (Å²) in [6, 6.07) is 21.8. The second-order valence-corrected chi connectivity index (χ2v) is 8.23. The van der Waals surface area contributed by atoms with Gasteiger partial charge in [-0.15, -0.1) is 0 Å². The number of fused-ring (bicyclic) bond motifs is 4. The fourth-order valence-electron chi connectivity index (χ4n) is 4.22. The smallest absolute Gasteiger partial charge is 0.244 e. The Morgan fingerprint density at radius 2 is 1.83 bits per heavy atom. The van der Waals surface area contributed by atoms with Crippen molar-refractivity contribution in [1.29, 1.82) is 0 Å². The fraction of sp³-hybridized carbons (Fsp3) is 0.0714. The van der Waals surface area contributed by atoms with Crippen molar-refractivity contribution in [3.8, 4) is 22.8 Å². The predicted octanol–water partition coefficient (Wildman–Crippen LogP) is 5.58. The maximum absolute atomic E-state index is 13.1. The molecule has 0 saturated carbocycles. The number of aromatic nitrogens is 2. The van der Waals surface area contributed by atoms with Gasteiger partial charge in [0, 0.05) is 27.9 Å². The van der Waals surface area contributed by atoms with E-state index in [4.69, 9.17) is 14.5 Å². The summed E-state index contributed by atoms with van der Waals surface area (Å²) in [7, 11) is 0. The van der Waals surface area contributed by atoms with Crippen LogP contribution in [0.25, 0.3) is 39.1 Å². The molecule has 6 rings (SSSR count). The summed E-state index contributed by atoms with van der Waals surface area (Å²) in [4.78, 5) is 20.8. The molecule has 0 radical (unpaired) electrons. The SMILES string of the molecule is O=C(/C=C/c1ccc(F)cc1)NCc1cc2c([nH]c3ccccc32)c(-c2ccc3c(c2)OCO3)n1. The molecule has 35 heavy (non-hydrogen) atoms. The van der Waals surface area contributed by atoms with Crippen LogP contribution in [0.15, 0.2) is 78.9 Å². The second kappa shape index (κ2) is 8.61. The van der Waals surface area contributed by atoms with Gasteiger partial charge in [0.2, 0.25) is 12.7 Å². The molecule has 0 spiro atoms. The first-order valence-corrected chi connectivity index (χ1v) is 11.2.